The van der Waals surface area contributed by atoms with Gasteiger partial charge in [-0.2, -0.15) is 13.2 Å². The van der Waals surface area contributed by atoms with E-state index in [0.717, 1.165) is 29.7 Å². The topological polar surface area (TPSA) is 54.9 Å². The Morgan fingerprint density at radius 2 is 1.96 bits per heavy atom. The summed E-state index contributed by atoms with van der Waals surface area (Å²) in [6.45, 7) is 0.245. The van der Waals surface area contributed by atoms with Crippen LogP contribution in [-0.2, 0) is 12.7 Å². The molecular weight excluding hydrogens is 370 g/mol. The Hall–Kier alpha value is -2.81. The molecule has 0 aliphatic rings. The Labute approximate surface area is 149 Å². The van der Waals surface area contributed by atoms with Gasteiger partial charge in [0.25, 0.3) is 0 Å². The van der Waals surface area contributed by atoms with Crippen molar-refractivity contribution in [3.63, 3.8) is 0 Å². The fourth-order valence-electron chi connectivity index (χ4n) is 2.17. The lowest BCUT2D eigenvalue weighted by Gasteiger charge is -2.07. The highest BCUT2D eigenvalue weighted by Gasteiger charge is 2.31. The second-order valence-electron chi connectivity index (χ2n) is 5.30. The molecule has 0 radical (unpaired) electrons. The van der Waals surface area contributed by atoms with E-state index in [2.05, 4.69) is 15.3 Å². The van der Waals surface area contributed by atoms with Gasteiger partial charge >= 0.3 is 6.18 Å². The molecule has 0 atom stereocenters. The van der Waals surface area contributed by atoms with Gasteiger partial charge in [-0.25, -0.2) is 9.37 Å². The molecule has 2 heterocycles. The number of carbonyl (C=O) groups is 1. The summed E-state index contributed by atoms with van der Waals surface area (Å²) in [5.74, 6) is -1.02. The van der Waals surface area contributed by atoms with Crippen LogP contribution in [0.1, 0.15) is 26.4 Å². The number of rotatable bonds is 5. The maximum absolute atomic E-state index is 13.1. The Kier molecular flexibility index (Phi) is 4.99. The zero-order valence-corrected chi connectivity index (χ0v) is 13.9. The number of anilines is 1. The molecule has 0 amide bonds. The molecule has 0 aliphatic heterocycles. The average Bonchev–Trinajstić information content (AvgIpc) is 3.08. The number of halogens is 4. The Bertz CT molecular complexity index is 940. The molecule has 0 unspecified atom stereocenters. The Morgan fingerprint density at radius 3 is 2.69 bits per heavy atom. The number of ketones is 1. The van der Waals surface area contributed by atoms with Gasteiger partial charge in [0.1, 0.15) is 5.82 Å². The third-order valence-electron chi connectivity index (χ3n) is 3.39. The smallest absolute Gasteiger partial charge is 0.357 e. The van der Waals surface area contributed by atoms with E-state index in [1.165, 1.54) is 30.6 Å². The monoisotopic (exact) mass is 381 g/mol. The number of nitrogens with one attached hydrogen (secondary N) is 1. The summed E-state index contributed by atoms with van der Waals surface area (Å²) in [4.78, 5) is 20.3. The standard InChI is InChI=1S/C17H11F4N3OS/c18-13-4-10(6-22-8-13)7-23-16-24-9-14(26-16)15(25)11-2-1-3-12(5-11)17(19,20)21/h1-6,8-9H,7H2,(H,23,24). The zero-order chi connectivity index (χ0) is 18.7. The summed E-state index contributed by atoms with van der Waals surface area (Å²) in [7, 11) is 0. The fourth-order valence-corrected chi connectivity index (χ4v) is 2.94. The van der Waals surface area contributed by atoms with Gasteiger partial charge in [-0.1, -0.05) is 23.5 Å². The lowest BCUT2D eigenvalue weighted by Crippen LogP contribution is -2.07. The van der Waals surface area contributed by atoms with Gasteiger partial charge in [0.2, 0.25) is 5.78 Å². The van der Waals surface area contributed by atoms with Crippen LogP contribution in [-0.4, -0.2) is 15.8 Å². The van der Waals surface area contributed by atoms with Crippen LogP contribution in [0.5, 0.6) is 0 Å². The van der Waals surface area contributed by atoms with E-state index in [0.29, 0.717) is 10.7 Å². The van der Waals surface area contributed by atoms with Crippen LogP contribution in [0.3, 0.4) is 0 Å². The molecule has 9 heteroatoms. The largest absolute Gasteiger partial charge is 0.416 e. The third kappa shape index (κ3) is 4.23. The maximum atomic E-state index is 13.1. The van der Waals surface area contributed by atoms with E-state index in [9.17, 15) is 22.4 Å². The molecule has 0 fully saturated rings. The van der Waals surface area contributed by atoms with Crippen LogP contribution in [0.15, 0.2) is 48.9 Å². The van der Waals surface area contributed by atoms with Crippen LogP contribution in [0.4, 0.5) is 22.7 Å². The minimum Gasteiger partial charge on any atom is -0.357 e. The van der Waals surface area contributed by atoms with Gasteiger partial charge in [0.05, 0.1) is 22.8 Å². The molecule has 134 valence electrons. The summed E-state index contributed by atoms with van der Waals surface area (Å²) in [6.07, 6.45) is -0.660. The second kappa shape index (κ2) is 7.20. The normalized spacial score (nSPS) is 11.4. The summed E-state index contributed by atoms with van der Waals surface area (Å²) in [5, 5.41) is 3.31. The quantitative estimate of drug-likeness (QED) is 0.521. The van der Waals surface area contributed by atoms with Crippen LogP contribution in [0.25, 0.3) is 0 Å². The summed E-state index contributed by atoms with van der Waals surface area (Å²) < 4.78 is 51.4. The molecule has 26 heavy (non-hydrogen) atoms. The van der Waals surface area contributed by atoms with Crippen molar-refractivity contribution in [2.45, 2.75) is 12.7 Å². The van der Waals surface area contributed by atoms with Gasteiger partial charge in [-0.15, -0.1) is 0 Å². The van der Waals surface area contributed by atoms with Gasteiger partial charge in [-0.05, 0) is 23.8 Å². The van der Waals surface area contributed by atoms with Crippen molar-refractivity contribution in [2.75, 3.05) is 5.32 Å². The van der Waals surface area contributed by atoms with Crippen molar-refractivity contribution in [3.8, 4) is 0 Å². The lowest BCUT2D eigenvalue weighted by molar-refractivity contribution is -0.137. The third-order valence-corrected chi connectivity index (χ3v) is 4.34. The molecule has 2 aromatic heterocycles. The number of pyridine rings is 1. The van der Waals surface area contributed by atoms with E-state index in [-0.39, 0.29) is 17.0 Å². The minimum atomic E-state index is -4.52. The Balaban J connectivity index is 1.72. The van der Waals surface area contributed by atoms with Crippen molar-refractivity contribution in [1.82, 2.24) is 9.97 Å². The number of aromatic nitrogens is 2. The number of benzene rings is 1. The highest BCUT2D eigenvalue weighted by Crippen LogP contribution is 2.30. The molecule has 0 spiro atoms. The minimum absolute atomic E-state index is 0.0654. The summed E-state index contributed by atoms with van der Waals surface area (Å²) >= 11 is 1.01. The first-order valence-corrected chi connectivity index (χ1v) is 8.15. The first-order valence-electron chi connectivity index (χ1n) is 7.34. The predicted octanol–water partition coefficient (Wildman–Crippen LogP) is 4.54. The van der Waals surface area contributed by atoms with Crippen molar-refractivity contribution < 1.29 is 22.4 Å². The number of nitrogens with zero attached hydrogens (tertiary/aromatic N) is 2. The highest BCUT2D eigenvalue weighted by atomic mass is 32.1. The number of hydrogen-bond donors (Lipinski definition) is 1. The van der Waals surface area contributed by atoms with E-state index >= 15 is 0 Å². The van der Waals surface area contributed by atoms with Crippen LogP contribution in [0.2, 0.25) is 0 Å². The molecule has 1 N–H and O–H groups in total. The van der Waals surface area contributed by atoms with Gasteiger partial charge in [-0.3, -0.25) is 9.78 Å². The second-order valence-corrected chi connectivity index (χ2v) is 6.33. The van der Waals surface area contributed by atoms with E-state index < -0.39 is 23.3 Å². The van der Waals surface area contributed by atoms with Crippen molar-refractivity contribution in [2.24, 2.45) is 0 Å². The average molecular weight is 381 g/mol. The molecule has 0 bridgehead atoms. The first-order chi connectivity index (χ1) is 12.3. The van der Waals surface area contributed by atoms with Crippen molar-refractivity contribution in [1.29, 1.82) is 0 Å². The number of alkyl halides is 3. The number of hydrogen-bond acceptors (Lipinski definition) is 5. The number of carbonyl (C=O) groups excluding carboxylic acids is 1. The van der Waals surface area contributed by atoms with Gasteiger partial charge in [0.15, 0.2) is 5.13 Å². The fraction of sp³-hybridized carbons (Fsp3) is 0.118. The predicted molar refractivity (Wildman–Crippen MR) is 88.5 cm³/mol. The van der Waals surface area contributed by atoms with Crippen LogP contribution < -0.4 is 5.32 Å². The van der Waals surface area contributed by atoms with E-state index in [1.807, 2.05) is 0 Å². The van der Waals surface area contributed by atoms with E-state index in [1.54, 1.807) is 0 Å². The maximum Gasteiger partial charge on any atom is 0.416 e. The Morgan fingerprint density at radius 1 is 1.15 bits per heavy atom. The number of thiazole rings is 1. The molecule has 0 saturated carbocycles. The highest BCUT2D eigenvalue weighted by molar-refractivity contribution is 7.17. The lowest BCUT2D eigenvalue weighted by atomic mass is 10.1. The van der Waals surface area contributed by atoms with Crippen LogP contribution in [0, 0.1) is 5.82 Å². The van der Waals surface area contributed by atoms with E-state index in [4.69, 9.17) is 0 Å². The molecule has 1 aromatic carbocycles. The first kappa shape index (κ1) is 18.0. The van der Waals surface area contributed by atoms with Gasteiger partial charge < -0.3 is 5.32 Å². The molecule has 0 saturated heterocycles. The zero-order valence-electron chi connectivity index (χ0n) is 13.0. The molecule has 3 aromatic rings. The molecule has 3 rings (SSSR count). The van der Waals surface area contributed by atoms with Crippen LogP contribution >= 0.6 is 11.3 Å². The van der Waals surface area contributed by atoms with Crippen molar-refractivity contribution >= 4 is 22.3 Å². The molecular formula is C17H11F4N3OS. The summed E-state index contributed by atoms with van der Waals surface area (Å²) in [6, 6.07) is 5.54. The molecule has 0 aliphatic carbocycles. The van der Waals surface area contributed by atoms with Crippen molar-refractivity contribution in [3.05, 3.63) is 76.3 Å². The van der Waals surface area contributed by atoms with Gasteiger partial charge in [0, 0.05) is 18.3 Å². The summed E-state index contributed by atoms with van der Waals surface area (Å²) in [5.41, 5.74) is -0.361. The SMILES string of the molecule is O=C(c1cccc(C(F)(F)F)c1)c1cnc(NCc2cncc(F)c2)s1. The molecule has 4 nitrogen and oxygen atoms in total.